The minimum Gasteiger partial charge on any atom is -0.399 e. The number of hydrogen-bond acceptors (Lipinski definition) is 2. The molecule has 0 aliphatic heterocycles. The van der Waals surface area contributed by atoms with Gasteiger partial charge in [-0.25, -0.2) is 0 Å². The summed E-state index contributed by atoms with van der Waals surface area (Å²) in [6.45, 7) is 4.30. The second-order valence-corrected chi connectivity index (χ2v) is 5.94. The Morgan fingerprint density at radius 1 is 1.05 bits per heavy atom. The van der Waals surface area contributed by atoms with Crippen molar-refractivity contribution in [1.82, 2.24) is 0 Å². The first-order valence-corrected chi connectivity index (χ1v) is 7.74. The van der Waals surface area contributed by atoms with Crippen LogP contribution in [-0.2, 0) is 12.8 Å². The fraction of sp³-hybridized carbons (Fsp3) is 0.294. The van der Waals surface area contributed by atoms with Crippen LogP contribution in [0.25, 0.3) is 0 Å². The molecule has 1 nitrogen and oxygen atoms in total. The van der Waals surface area contributed by atoms with Gasteiger partial charge in [0.1, 0.15) is 0 Å². The average molecular weight is 271 g/mol. The minimum absolute atomic E-state index is 0.861. The maximum Gasteiger partial charge on any atom is 0.0317 e. The number of thioether (sulfide) groups is 1. The summed E-state index contributed by atoms with van der Waals surface area (Å²) in [4.78, 5) is 1.36. The molecule has 0 radical (unpaired) electrons. The molecule has 0 aliphatic rings. The summed E-state index contributed by atoms with van der Waals surface area (Å²) >= 11 is 1.92. The number of rotatable bonds is 5. The zero-order valence-electron chi connectivity index (χ0n) is 11.6. The molecule has 2 heteroatoms. The lowest BCUT2D eigenvalue weighted by Gasteiger charge is -2.08. The highest BCUT2D eigenvalue weighted by Crippen LogP contribution is 2.26. The lowest BCUT2D eigenvalue weighted by atomic mass is 10.1. The molecule has 2 aromatic carbocycles. The summed E-state index contributed by atoms with van der Waals surface area (Å²) in [5, 5.41) is 0. The molecule has 2 rings (SSSR count). The van der Waals surface area contributed by atoms with E-state index in [9.17, 15) is 0 Å². The van der Waals surface area contributed by atoms with Crippen LogP contribution in [0.1, 0.15) is 23.6 Å². The van der Waals surface area contributed by atoms with Gasteiger partial charge in [0.25, 0.3) is 0 Å². The lowest BCUT2D eigenvalue weighted by Crippen LogP contribution is -1.93. The maximum atomic E-state index is 5.83. The molecule has 0 aliphatic carbocycles. The first kappa shape index (κ1) is 14.0. The highest BCUT2D eigenvalue weighted by molar-refractivity contribution is 7.99. The van der Waals surface area contributed by atoms with E-state index in [2.05, 4.69) is 50.2 Å². The van der Waals surface area contributed by atoms with E-state index in [4.69, 9.17) is 5.73 Å². The maximum absolute atomic E-state index is 5.83. The van der Waals surface area contributed by atoms with Crippen molar-refractivity contribution in [2.45, 2.75) is 31.6 Å². The molecule has 0 atom stereocenters. The van der Waals surface area contributed by atoms with Crippen molar-refractivity contribution >= 4 is 17.4 Å². The van der Waals surface area contributed by atoms with Crippen LogP contribution in [0.3, 0.4) is 0 Å². The van der Waals surface area contributed by atoms with E-state index in [0.717, 1.165) is 24.3 Å². The van der Waals surface area contributed by atoms with Crippen molar-refractivity contribution in [2.24, 2.45) is 0 Å². The molecule has 0 aromatic heterocycles. The van der Waals surface area contributed by atoms with Crippen molar-refractivity contribution in [1.29, 1.82) is 0 Å². The Kier molecular flexibility index (Phi) is 4.92. The van der Waals surface area contributed by atoms with E-state index in [1.165, 1.54) is 21.6 Å². The van der Waals surface area contributed by atoms with Crippen LogP contribution in [-0.4, -0.2) is 5.75 Å². The van der Waals surface area contributed by atoms with Gasteiger partial charge in [0, 0.05) is 16.3 Å². The summed E-state index contributed by atoms with van der Waals surface area (Å²) in [6, 6.07) is 15.0. The van der Waals surface area contributed by atoms with Crippen LogP contribution in [0.4, 0.5) is 5.69 Å². The highest BCUT2D eigenvalue weighted by atomic mass is 32.2. The third-order valence-electron chi connectivity index (χ3n) is 3.23. The molecule has 0 saturated carbocycles. The number of benzene rings is 2. The van der Waals surface area contributed by atoms with E-state index >= 15 is 0 Å². The Morgan fingerprint density at radius 2 is 1.79 bits per heavy atom. The topological polar surface area (TPSA) is 26.0 Å². The number of anilines is 1. The minimum atomic E-state index is 0.861. The Balaban J connectivity index is 1.94. The number of nitrogens with two attached hydrogens (primary N) is 1. The standard InChI is InChI=1S/C17H21NS/c1-3-15-12-16(18)8-9-17(15)19-11-10-14-6-4-13(2)5-7-14/h4-9,12H,3,10-11,18H2,1-2H3. The van der Waals surface area contributed by atoms with Crippen molar-refractivity contribution in [3.05, 3.63) is 59.2 Å². The Labute approximate surface area is 120 Å². The van der Waals surface area contributed by atoms with E-state index in [0.29, 0.717) is 0 Å². The van der Waals surface area contributed by atoms with Gasteiger partial charge in [-0.3, -0.25) is 0 Å². The molecule has 0 saturated heterocycles. The van der Waals surface area contributed by atoms with Crippen molar-refractivity contribution in [3.63, 3.8) is 0 Å². The lowest BCUT2D eigenvalue weighted by molar-refractivity contribution is 1.08. The van der Waals surface area contributed by atoms with Gasteiger partial charge in [0.15, 0.2) is 0 Å². The molecule has 0 bridgehead atoms. The average Bonchev–Trinajstić information content (AvgIpc) is 2.42. The van der Waals surface area contributed by atoms with E-state index in [-0.39, 0.29) is 0 Å². The van der Waals surface area contributed by atoms with Gasteiger partial charge in [0.05, 0.1) is 0 Å². The molecule has 19 heavy (non-hydrogen) atoms. The first-order chi connectivity index (χ1) is 9.19. The molecule has 0 amide bonds. The molecular formula is C17H21NS. The van der Waals surface area contributed by atoms with Crippen molar-refractivity contribution in [2.75, 3.05) is 11.5 Å². The van der Waals surface area contributed by atoms with Gasteiger partial charge < -0.3 is 5.73 Å². The zero-order chi connectivity index (χ0) is 13.7. The predicted octanol–water partition coefficient (Wildman–Crippen LogP) is 4.47. The summed E-state index contributed by atoms with van der Waals surface area (Å²) < 4.78 is 0. The molecular weight excluding hydrogens is 250 g/mol. The number of aryl methyl sites for hydroxylation is 3. The molecule has 0 unspecified atom stereocenters. The first-order valence-electron chi connectivity index (χ1n) is 6.76. The van der Waals surface area contributed by atoms with Crippen LogP contribution in [0.15, 0.2) is 47.4 Å². The van der Waals surface area contributed by atoms with Crippen molar-refractivity contribution in [3.8, 4) is 0 Å². The van der Waals surface area contributed by atoms with Crippen LogP contribution in [0, 0.1) is 6.92 Å². The predicted molar refractivity (Wildman–Crippen MR) is 85.8 cm³/mol. The monoisotopic (exact) mass is 271 g/mol. The van der Waals surface area contributed by atoms with Crippen LogP contribution in [0.5, 0.6) is 0 Å². The van der Waals surface area contributed by atoms with E-state index in [1.807, 2.05) is 17.8 Å². The smallest absolute Gasteiger partial charge is 0.0317 e. The highest BCUT2D eigenvalue weighted by Gasteiger charge is 2.02. The summed E-state index contributed by atoms with van der Waals surface area (Å²) in [6.07, 6.45) is 2.15. The van der Waals surface area contributed by atoms with Crippen LogP contribution >= 0.6 is 11.8 Å². The Bertz CT molecular complexity index is 531. The molecule has 0 fully saturated rings. The second kappa shape index (κ2) is 6.67. The Morgan fingerprint density at radius 3 is 2.47 bits per heavy atom. The SMILES string of the molecule is CCc1cc(N)ccc1SCCc1ccc(C)cc1. The molecule has 0 spiro atoms. The third kappa shape index (κ3) is 4.03. The van der Waals surface area contributed by atoms with Crippen LogP contribution in [0.2, 0.25) is 0 Å². The van der Waals surface area contributed by atoms with Gasteiger partial charge in [-0.05, 0) is 49.1 Å². The fourth-order valence-corrected chi connectivity index (χ4v) is 3.16. The normalized spacial score (nSPS) is 10.6. The van der Waals surface area contributed by atoms with E-state index in [1.54, 1.807) is 0 Å². The van der Waals surface area contributed by atoms with Crippen LogP contribution < -0.4 is 5.73 Å². The van der Waals surface area contributed by atoms with Gasteiger partial charge >= 0.3 is 0 Å². The largest absolute Gasteiger partial charge is 0.399 e. The quantitative estimate of drug-likeness (QED) is 0.641. The van der Waals surface area contributed by atoms with E-state index < -0.39 is 0 Å². The summed E-state index contributed by atoms with van der Waals surface area (Å²) in [5.74, 6) is 1.11. The fourth-order valence-electron chi connectivity index (χ4n) is 2.05. The van der Waals surface area contributed by atoms with Gasteiger partial charge in [-0.2, -0.15) is 0 Å². The zero-order valence-corrected chi connectivity index (χ0v) is 12.5. The van der Waals surface area contributed by atoms with Gasteiger partial charge in [0.2, 0.25) is 0 Å². The van der Waals surface area contributed by atoms with Crippen molar-refractivity contribution < 1.29 is 0 Å². The van der Waals surface area contributed by atoms with Gasteiger partial charge in [-0.1, -0.05) is 36.8 Å². The molecule has 100 valence electrons. The number of nitrogen functional groups attached to an aromatic ring is 1. The van der Waals surface area contributed by atoms with Gasteiger partial charge in [-0.15, -0.1) is 11.8 Å². The summed E-state index contributed by atoms with van der Waals surface area (Å²) in [5.41, 5.74) is 10.8. The molecule has 2 aromatic rings. The molecule has 2 N–H and O–H groups in total. The second-order valence-electron chi connectivity index (χ2n) is 4.80. The Hall–Kier alpha value is -1.41. The molecule has 0 heterocycles. The third-order valence-corrected chi connectivity index (χ3v) is 4.35. The number of hydrogen-bond donors (Lipinski definition) is 1. The summed E-state index contributed by atoms with van der Waals surface area (Å²) in [7, 11) is 0.